The lowest BCUT2D eigenvalue weighted by molar-refractivity contribution is -0.146. The maximum absolute atomic E-state index is 12.9. The van der Waals surface area contributed by atoms with Gasteiger partial charge in [-0.15, -0.1) is 0 Å². The van der Waals surface area contributed by atoms with E-state index in [1.807, 2.05) is 74.5 Å². The first-order valence-electron chi connectivity index (χ1n) is 10.4. The average molecular weight is 459 g/mol. The average Bonchev–Trinajstić information content (AvgIpc) is 2.81. The maximum atomic E-state index is 12.9. The van der Waals surface area contributed by atoms with Crippen LogP contribution in [0.4, 0.5) is 4.79 Å². The summed E-state index contributed by atoms with van der Waals surface area (Å²) in [5.74, 6) is -0.181. The van der Waals surface area contributed by atoms with Crippen LogP contribution < -0.4 is 10.6 Å². The molecule has 0 radical (unpaired) electrons. The molecule has 7 nitrogen and oxygen atoms in total. The Labute approximate surface area is 193 Å². The molecule has 0 saturated carbocycles. The van der Waals surface area contributed by atoms with E-state index in [0.717, 1.165) is 11.1 Å². The SMILES string of the molecule is COC(=O)[C@H](NC(=O)[C@@H](CSCc1ccccc1)NC(=O)OCc1ccccc1)C(C)C. The molecule has 0 aliphatic rings. The van der Waals surface area contributed by atoms with Crippen LogP contribution in [0.15, 0.2) is 60.7 Å². The van der Waals surface area contributed by atoms with Crippen LogP contribution in [0.1, 0.15) is 25.0 Å². The fourth-order valence-corrected chi connectivity index (χ4v) is 3.85. The van der Waals surface area contributed by atoms with Crippen LogP contribution in [0.2, 0.25) is 0 Å². The molecular weight excluding hydrogens is 428 g/mol. The first-order chi connectivity index (χ1) is 15.4. The zero-order valence-corrected chi connectivity index (χ0v) is 19.4. The topological polar surface area (TPSA) is 93.7 Å². The Morgan fingerprint density at radius 2 is 1.50 bits per heavy atom. The quantitative estimate of drug-likeness (QED) is 0.501. The van der Waals surface area contributed by atoms with E-state index in [4.69, 9.17) is 9.47 Å². The van der Waals surface area contributed by atoms with Gasteiger partial charge in [0.1, 0.15) is 18.7 Å². The number of esters is 1. The fraction of sp³-hybridized carbons (Fsp3) is 0.375. The second-order valence-corrected chi connectivity index (χ2v) is 8.54. The molecule has 8 heteroatoms. The number of thioether (sulfide) groups is 1. The number of rotatable bonds is 11. The molecule has 172 valence electrons. The minimum atomic E-state index is -0.877. The summed E-state index contributed by atoms with van der Waals surface area (Å²) in [5.41, 5.74) is 1.95. The number of carbonyl (C=O) groups excluding carboxylic acids is 3. The highest BCUT2D eigenvalue weighted by molar-refractivity contribution is 7.98. The normalized spacial score (nSPS) is 12.5. The lowest BCUT2D eigenvalue weighted by Crippen LogP contribution is -2.54. The molecule has 0 saturated heterocycles. The maximum Gasteiger partial charge on any atom is 0.408 e. The van der Waals surface area contributed by atoms with Crippen molar-refractivity contribution in [3.8, 4) is 0 Å². The van der Waals surface area contributed by atoms with Gasteiger partial charge in [0.2, 0.25) is 5.91 Å². The molecule has 0 spiro atoms. The molecular formula is C24H30N2O5S. The molecule has 0 aliphatic carbocycles. The molecule has 0 heterocycles. The van der Waals surface area contributed by atoms with Crippen molar-refractivity contribution in [1.82, 2.24) is 10.6 Å². The summed E-state index contributed by atoms with van der Waals surface area (Å²) in [6.45, 7) is 3.71. The van der Waals surface area contributed by atoms with Gasteiger partial charge >= 0.3 is 12.1 Å². The van der Waals surface area contributed by atoms with Gasteiger partial charge in [0.25, 0.3) is 0 Å². The van der Waals surface area contributed by atoms with E-state index < -0.39 is 30.1 Å². The van der Waals surface area contributed by atoms with E-state index in [9.17, 15) is 14.4 Å². The first-order valence-corrected chi connectivity index (χ1v) is 11.5. The molecule has 32 heavy (non-hydrogen) atoms. The lowest BCUT2D eigenvalue weighted by atomic mass is 10.0. The predicted molar refractivity (Wildman–Crippen MR) is 125 cm³/mol. The van der Waals surface area contributed by atoms with Crippen LogP contribution >= 0.6 is 11.8 Å². The predicted octanol–water partition coefficient (Wildman–Crippen LogP) is 3.53. The Morgan fingerprint density at radius 3 is 2.06 bits per heavy atom. The van der Waals surface area contributed by atoms with Gasteiger partial charge in [-0.1, -0.05) is 74.5 Å². The van der Waals surface area contributed by atoms with Crippen molar-refractivity contribution in [2.45, 2.75) is 38.3 Å². The third kappa shape index (κ3) is 8.63. The van der Waals surface area contributed by atoms with Gasteiger partial charge in [0, 0.05) is 11.5 Å². The van der Waals surface area contributed by atoms with Crippen molar-refractivity contribution < 1.29 is 23.9 Å². The molecule has 2 atom stereocenters. The van der Waals surface area contributed by atoms with Gasteiger partial charge in [0.05, 0.1) is 7.11 Å². The standard InChI is InChI=1S/C24H30N2O5S/c1-17(2)21(23(28)30-3)26-22(27)20(16-32-15-19-12-8-5-9-13-19)25-24(29)31-14-18-10-6-4-7-11-18/h4-13,17,20-21H,14-16H2,1-3H3,(H,25,29)(H,26,27)/t20-,21-/m1/s1. The van der Waals surface area contributed by atoms with Crippen LogP contribution in [0.25, 0.3) is 0 Å². The third-order valence-corrected chi connectivity index (χ3v) is 5.74. The van der Waals surface area contributed by atoms with Gasteiger partial charge in [0.15, 0.2) is 0 Å². The highest BCUT2D eigenvalue weighted by atomic mass is 32.2. The van der Waals surface area contributed by atoms with Gasteiger partial charge in [-0.3, -0.25) is 4.79 Å². The molecule has 0 aliphatic heterocycles. The van der Waals surface area contributed by atoms with Gasteiger partial charge in [-0.25, -0.2) is 9.59 Å². The van der Waals surface area contributed by atoms with Crippen molar-refractivity contribution in [3.63, 3.8) is 0 Å². The number of hydrogen-bond acceptors (Lipinski definition) is 6. The summed E-state index contributed by atoms with van der Waals surface area (Å²) in [7, 11) is 1.27. The first kappa shape index (κ1) is 25.3. The molecule has 0 aromatic heterocycles. The highest BCUT2D eigenvalue weighted by Gasteiger charge is 2.29. The Hall–Kier alpha value is -3.00. The Kier molecular flexibility index (Phi) is 10.6. The summed E-state index contributed by atoms with van der Waals surface area (Å²) >= 11 is 1.50. The number of nitrogens with one attached hydrogen (secondary N) is 2. The second kappa shape index (κ2) is 13.4. The molecule has 2 aromatic carbocycles. The molecule has 2 amide bonds. The van der Waals surface area contributed by atoms with Crippen molar-refractivity contribution in [2.75, 3.05) is 12.9 Å². The van der Waals surface area contributed by atoms with E-state index in [-0.39, 0.29) is 12.5 Å². The van der Waals surface area contributed by atoms with Crippen LogP contribution in [0.3, 0.4) is 0 Å². The molecule has 2 aromatic rings. The zero-order valence-electron chi connectivity index (χ0n) is 18.6. The van der Waals surface area contributed by atoms with E-state index in [1.54, 1.807) is 0 Å². The summed E-state index contributed by atoms with van der Waals surface area (Å²) in [6, 6.07) is 17.4. The number of benzene rings is 2. The van der Waals surface area contributed by atoms with Crippen LogP contribution in [-0.4, -0.2) is 42.9 Å². The smallest absolute Gasteiger partial charge is 0.408 e. The summed E-state index contributed by atoms with van der Waals surface area (Å²) < 4.78 is 10.1. The van der Waals surface area contributed by atoms with Crippen molar-refractivity contribution >= 4 is 29.7 Å². The number of ether oxygens (including phenoxy) is 2. The van der Waals surface area contributed by atoms with Crippen LogP contribution in [0, 0.1) is 5.92 Å². The van der Waals surface area contributed by atoms with Crippen molar-refractivity contribution in [2.24, 2.45) is 5.92 Å². The highest BCUT2D eigenvalue weighted by Crippen LogP contribution is 2.14. The number of hydrogen-bond donors (Lipinski definition) is 2. The lowest BCUT2D eigenvalue weighted by Gasteiger charge is -2.24. The van der Waals surface area contributed by atoms with E-state index >= 15 is 0 Å². The molecule has 2 N–H and O–H groups in total. The number of amides is 2. The summed E-state index contributed by atoms with van der Waals surface area (Å²) in [4.78, 5) is 37.3. The van der Waals surface area contributed by atoms with E-state index in [1.165, 1.54) is 18.9 Å². The molecule has 0 bridgehead atoms. The van der Waals surface area contributed by atoms with Crippen LogP contribution in [0.5, 0.6) is 0 Å². The summed E-state index contributed by atoms with van der Waals surface area (Å²) in [5, 5.41) is 5.33. The van der Waals surface area contributed by atoms with Crippen LogP contribution in [-0.2, 0) is 31.4 Å². The Balaban J connectivity index is 2.00. The van der Waals surface area contributed by atoms with Gasteiger partial charge in [-0.2, -0.15) is 11.8 Å². The summed E-state index contributed by atoms with van der Waals surface area (Å²) in [6.07, 6.45) is -0.700. The minimum Gasteiger partial charge on any atom is -0.467 e. The molecule has 0 fully saturated rings. The van der Waals surface area contributed by atoms with Gasteiger partial charge < -0.3 is 20.1 Å². The largest absolute Gasteiger partial charge is 0.467 e. The van der Waals surface area contributed by atoms with Crippen molar-refractivity contribution in [3.05, 3.63) is 71.8 Å². The van der Waals surface area contributed by atoms with Gasteiger partial charge in [-0.05, 0) is 17.0 Å². The second-order valence-electron chi connectivity index (χ2n) is 7.51. The monoisotopic (exact) mass is 458 g/mol. The van der Waals surface area contributed by atoms with E-state index in [2.05, 4.69) is 10.6 Å². The molecule has 0 unspecified atom stereocenters. The number of alkyl carbamates (subject to hydrolysis) is 1. The fourth-order valence-electron chi connectivity index (χ4n) is 2.84. The van der Waals surface area contributed by atoms with Crippen molar-refractivity contribution in [1.29, 1.82) is 0 Å². The number of carbonyl (C=O) groups is 3. The Bertz CT molecular complexity index is 861. The Morgan fingerprint density at radius 1 is 0.906 bits per heavy atom. The zero-order chi connectivity index (χ0) is 23.3. The molecule has 2 rings (SSSR count). The third-order valence-electron chi connectivity index (χ3n) is 4.64. The minimum absolute atomic E-state index is 0.0922. The van der Waals surface area contributed by atoms with E-state index in [0.29, 0.717) is 11.5 Å². The number of methoxy groups -OCH3 is 1.